The van der Waals surface area contributed by atoms with E-state index in [0.717, 1.165) is 36.0 Å². The summed E-state index contributed by atoms with van der Waals surface area (Å²) in [7, 11) is 0. The Balaban J connectivity index is 1.31. The highest BCUT2D eigenvalue weighted by molar-refractivity contribution is 5.29. The standard InChI is InChI=1S/C32H54O/c1-3-5-7-8-9-14-28-15-10-11-16-29(28)17-12-26-33-32-24-22-31(23-25-32)30-20-18-27(19-21-30)13-6-4-2/h22-25,27-30H,3-21,26H2,1-2H3. The van der Waals surface area contributed by atoms with Gasteiger partial charge in [-0.15, -0.1) is 0 Å². The Kier molecular flexibility index (Phi) is 12.8. The molecule has 0 heterocycles. The predicted molar refractivity (Wildman–Crippen MR) is 144 cm³/mol. The zero-order chi connectivity index (χ0) is 23.1. The lowest BCUT2D eigenvalue weighted by Gasteiger charge is -2.32. The summed E-state index contributed by atoms with van der Waals surface area (Å²) in [6.45, 7) is 5.52. The summed E-state index contributed by atoms with van der Waals surface area (Å²) in [6, 6.07) is 9.17. The topological polar surface area (TPSA) is 9.23 Å². The van der Waals surface area contributed by atoms with E-state index in [1.165, 1.54) is 122 Å². The third-order valence-corrected chi connectivity index (χ3v) is 8.90. The molecule has 2 saturated carbocycles. The molecule has 2 aliphatic rings. The van der Waals surface area contributed by atoms with Crippen LogP contribution >= 0.6 is 0 Å². The first kappa shape index (κ1) is 26.6. The molecule has 2 fully saturated rings. The summed E-state index contributed by atoms with van der Waals surface area (Å²) in [5, 5.41) is 0. The summed E-state index contributed by atoms with van der Waals surface area (Å²) in [6.07, 6.45) is 27.0. The Hall–Kier alpha value is -0.980. The van der Waals surface area contributed by atoms with Crippen molar-refractivity contribution < 1.29 is 4.74 Å². The highest BCUT2D eigenvalue weighted by Crippen LogP contribution is 2.38. The third-order valence-electron chi connectivity index (χ3n) is 8.90. The van der Waals surface area contributed by atoms with Crippen LogP contribution in [0.4, 0.5) is 0 Å². The van der Waals surface area contributed by atoms with Gasteiger partial charge in [-0.25, -0.2) is 0 Å². The molecule has 0 saturated heterocycles. The lowest BCUT2D eigenvalue weighted by atomic mass is 9.74. The van der Waals surface area contributed by atoms with Gasteiger partial charge in [0.15, 0.2) is 0 Å². The molecule has 0 amide bonds. The highest BCUT2D eigenvalue weighted by Gasteiger charge is 2.24. The van der Waals surface area contributed by atoms with Crippen LogP contribution in [0.2, 0.25) is 0 Å². The first-order chi connectivity index (χ1) is 16.3. The summed E-state index contributed by atoms with van der Waals surface area (Å²) in [5.41, 5.74) is 1.54. The fourth-order valence-corrected chi connectivity index (χ4v) is 6.70. The van der Waals surface area contributed by atoms with Crippen molar-refractivity contribution in [2.24, 2.45) is 17.8 Å². The van der Waals surface area contributed by atoms with E-state index < -0.39 is 0 Å². The van der Waals surface area contributed by atoms with Gasteiger partial charge < -0.3 is 4.74 Å². The number of ether oxygens (including phenoxy) is 1. The van der Waals surface area contributed by atoms with E-state index in [9.17, 15) is 0 Å². The highest BCUT2D eigenvalue weighted by atomic mass is 16.5. The molecule has 0 bridgehead atoms. The van der Waals surface area contributed by atoms with Crippen molar-refractivity contribution in [3.8, 4) is 5.75 Å². The van der Waals surface area contributed by atoms with E-state index in [1.54, 1.807) is 5.56 Å². The van der Waals surface area contributed by atoms with Gasteiger partial charge in [0, 0.05) is 0 Å². The van der Waals surface area contributed by atoms with E-state index in [2.05, 4.69) is 38.1 Å². The Morgan fingerprint density at radius 2 is 1.27 bits per heavy atom. The molecular weight excluding hydrogens is 400 g/mol. The molecule has 2 unspecified atom stereocenters. The molecular formula is C32H54O. The van der Waals surface area contributed by atoms with Crippen molar-refractivity contribution in [3.05, 3.63) is 29.8 Å². The number of hydrogen-bond acceptors (Lipinski definition) is 1. The molecule has 0 aliphatic heterocycles. The molecule has 188 valence electrons. The van der Waals surface area contributed by atoms with Crippen LogP contribution in [0.1, 0.15) is 147 Å². The van der Waals surface area contributed by atoms with Gasteiger partial charge in [-0.2, -0.15) is 0 Å². The fraction of sp³-hybridized carbons (Fsp3) is 0.812. The number of unbranched alkanes of at least 4 members (excludes halogenated alkanes) is 5. The van der Waals surface area contributed by atoms with Crippen LogP contribution in [0.15, 0.2) is 24.3 Å². The Bertz CT molecular complexity index is 597. The summed E-state index contributed by atoms with van der Waals surface area (Å²) >= 11 is 0. The average molecular weight is 455 g/mol. The monoisotopic (exact) mass is 454 g/mol. The lowest BCUT2D eigenvalue weighted by Crippen LogP contribution is -2.20. The number of rotatable bonds is 15. The first-order valence-corrected chi connectivity index (χ1v) is 15.0. The van der Waals surface area contributed by atoms with Crippen LogP contribution in [0.25, 0.3) is 0 Å². The minimum atomic E-state index is 0.780. The van der Waals surface area contributed by atoms with E-state index in [1.807, 2.05) is 0 Å². The summed E-state index contributed by atoms with van der Waals surface area (Å²) < 4.78 is 6.16. The van der Waals surface area contributed by atoms with Gasteiger partial charge in [0.25, 0.3) is 0 Å². The van der Waals surface area contributed by atoms with Gasteiger partial charge in [-0.05, 0) is 79.9 Å². The van der Waals surface area contributed by atoms with Gasteiger partial charge in [0.05, 0.1) is 6.61 Å². The SMILES string of the molecule is CCCCCCCC1CCCCC1CCCOc1ccc(C2CCC(CCCC)CC2)cc1. The van der Waals surface area contributed by atoms with Crippen molar-refractivity contribution in [1.29, 1.82) is 0 Å². The molecule has 33 heavy (non-hydrogen) atoms. The second-order valence-corrected chi connectivity index (χ2v) is 11.4. The smallest absolute Gasteiger partial charge is 0.119 e. The van der Waals surface area contributed by atoms with Crippen LogP contribution in [0, 0.1) is 17.8 Å². The Morgan fingerprint density at radius 1 is 0.636 bits per heavy atom. The molecule has 2 aliphatic carbocycles. The van der Waals surface area contributed by atoms with Crippen LogP contribution < -0.4 is 4.74 Å². The van der Waals surface area contributed by atoms with Crippen LogP contribution in [0.3, 0.4) is 0 Å². The zero-order valence-corrected chi connectivity index (χ0v) is 22.2. The van der Waals surface area contributed by atoms with Crippen LogP contribution in [-0.4, -0.2) is 6.61 Å². The van der Waals surface area contributed by atoms with Crippen molar-refractivity contribution in [1.82, 2.24) is 0 Å². The maximum absolute atomic E-state index is 6.16. The largest absolute Gasteiger partial charge is 0.494 e. The van der Waals surface area contributed by atoms with Gasteiger partial charge in [-0.1, -0.05) is 109 Å². The van der Waals surface area contributed by atoms with Gasteiger partial charge in [0.1, 0.15) is 5.75 Å². The maximum atomic E-state index is 6.16. The molecule has 1 aromatic carbocycles. The normalized spacial score (nSPS) is 25.8. The van der Waals surface area contributed by atoms with Crippen molar-refractivity contribution >= 4 is 0 Å². The quantitative estimate of drug-likeness (QED) is 0.239. The molecule has 1 nitrogen and oxygen atoms in total. The third kappa shape index (κ3) is 9.65. The van der Waals surface area contributed by atoms with Gasteiger partial charge >= 0.3 is 0 Å². The van der Waals surface area contributed by atoms with Crippen molar-refractivity contribution in [3.63, 3.8) is 0 Å². The molecule has 0 spiro atoms. The first-order valence-electron chi connectivity index (χ1n) is 15.0. The van der Waals surface area contributed by atoms with E-state index in [4.69, 9.17) is 4.74 Å². The molecule has 1 aromatic rings. The second-order valence-electron chi connectivity index (χ2n) is 11.4. The zero-order valence-electron chi connectivity index (χ0n) is 22.2. The molecule has 3 rings (SSSR count). The van der Waals surface area contributed by atoms with Crippen molar-refractivity contribution in [2.75, 3.05) is 6.61 Å². The molecule has 0 aromatic heterocycles. The summed E-state index contributed by atoms with van der Waals surface area (Å²) in [5.74, 6) is 4.81. The Morgan fingerprint density at radius 3 is 1.94 bits per heavy atom. The number of hydrogen-bond donors (Lipinski definition) is 0. The van der Waals surface area contributed by atoms with Crippen molar-refractivity contribution in [2.45, 2.75) is 142 Å². The minimum absolute atomic E-state index is 0.780. The Labute approximate surface area is 206 Å². The van der Waals surface area contributed by atoms with Gasteiger partial charge in [-0.3, -0.25) is 0 Å². The van der Waals surface area contributed by atoms with Gasteiger partial charge in [0.2, 0.25) is 0 Å². The molecule has 1 heteroatoms. The maximum Gasteiger partial charge on any atom is 0.119 e. The molecule has 2 atom stereocenters. The van der Waals surface area contributed by atoms with E-state index >= 15 is 0 Å². The second kappa shape index (κ2) is 15.8. The van der Waals surface area contributed by atoms with Crippen LogP contribution in [-0.2, 0) is 0 Å². The molecule has 0 radical (unpaired) electrons. The van der Waals surface area contributed by atoms with E-state index in [-0.39, 0.29) is 0 Å². The minimum Gasteiger partial charge on any atom is -0.494 e. The predicted octanol–water partition coefficient (Wildman–Crippen LogP) is 10.5. The van der Waals surface area contributed by atoms with Crippen LogP contribution in [0.5, 0.6) is 5.75 Å². The lowest BCUT2D eigenvalue weighted by molar-refractivity contribution is 0.190. The fourth-order valence-electron chi connectivity index (χ4n) is 6.70. The number of benzene rings is 1. The van der Waals surface area contributed by atoms with E-state index in [0.29, 0.717) is 0 Å². The molecule has 0 N–H and O–H groups in total. The summed E-state index contributed by atoms with van der Waals surface area (Å²) in [4.78, 5) is 0. The average Bonchev–Trinajstić information content (AvgIpc) is 2.87.